The zero-order valence-electron chi connectivity index (χ0n) is 30.2. The van der Waals surface area contributed by atoms with Crippen LogP contribution in [-0.2, 0) is 5.41 Å². The highest BCUT2D eigenvalue weighted by Crippen LogP contribution is 2.56. The molecule has 1 aliphatic rings. The van der Waals surface area contributed by atoms with Gasteiger partial charge in [-0.25, -0.2) is 0 Å². The van der Waals surface area contributed by atoms with Crippen molar-refractivity contribution >= 4 is 25.3 Å². The monoisotopic (exact) mass is 702 g/mol. The molecule has 0 aliphatic heterocycles. The Morgan fingerprint density at radius 1 is 0.353 bits per heavy atom. The number of hydrogen-bond acceptors (Lipinski definition) is 2. The Bertz CT molecular complexity index is 1900. The minimum absolute atomic E-state index is 0.0151. The van der Waals surface area contributed by atoms with E-state index < -0.39 is 0 Å². The lowest BCUT2D eigenvalue weighted by molar-refractivity contribution is 0.401. The second-order valence-electron chi connectivity index (χ2n) is 14.5. The molecular weight excluding hydrogens is 653 g/mol. The molecule has 0 spiro atoms. The molecule has 0 radical (unpaired) electrons. The summed E-state index contributed by atoms with van der Waals surface area (Å²) >= 11 is 8.95. The molecule has 0 fully saturated rings. The van der Waals surface area contributed by atoms with E-state index in [1.807, 2.05) is 0 Å². The molecule has 2 heteroatoms. The van der Waals surface area contributed by atoms with Crippen molar-refractivity contribution < 1.29 is 0 Å². The maximum atomic E-state index is 4.48. The summed E-state index contributed by atoms with van der Waals surface area (Å²) in [4.78, 5) is 1.98. The van der Waals surface area contributed by atoms with Crippen LogP contribution in [0.3, 0.4) is 0 Å². The maximum Gasteiger partial charge on any atom is 0.0215 e. The Labute approximate surface area is 317 Å². The molecule has 0 nitrogen and oxygen atoms in total. The zero-order chi connectivity index (χ0) is 35.2. The summed E-state index contributed by atoms with van der Waals surface area (Å²) in [7, 11) is 0. The van der Waals surface area contributed by atoms with Gasteiger partial charge in [0, 0.05) is 15.2 Å². The van der Waals surface area contributed by atoms with E-state index in [4.69, 9.17) is 0 Å². The van der Waals surface area contributed by atoms with Crippen LogP contribution in [0.25, 0.3) is 55.6 Å². The van der Waals surface area contributed by atoms with Crippen LogP contribution >= 0.6 is 25.3 Å². The highest BCUT2D eigenvalue weighted by molar-refractivity contribution is 7.80. The van der Waals surface area contributed by atoms with Crippen LogP contribution in [0.4, 0.5) is 0 Å². The van der Waals surface area contributed by atoms with E-state index in [1.54, 1.807) is 0 Å². The molecule has 258 valence electrons. The number of benzene rings is 6. The highest BCUT2D eigenvalue weighted by atomic mass is 32.1. The van der Waals surface area contributed by atoms with E-state index in [2.05, 4.69) is 173 Å². The van der Waals surface area contributed by atoms with Gasteiger partial charge in [0.1, 0.15) is 0 Å². The molecule has 0 N–H and O–H groups in total. The van der Waals surface area contributed by atoms with Gasteiger partial charge in [0.25, 0.3) is 0 Å². The summed E-state index contributed by atoms with van der Waals surface area (Å²) in [5.74, 6) is 0. The molecule has 1 aliphatic carbocycles. The van der Waals surface area contributed by atoms with Gasteiger partial charge in [0.05, 0.1) is 0 Å². The second-order valence-corrected chi connectivity index (χ2v) is 15.5. The normalized spacial score (nSPS) is 12.9. The predicted octanol–water partition coefficient (Wildman–Crippen LogP) is 15.1. The van der Waals surface area contributed by atoms with E-state index >= 15 is 0 Å². The van der Waals surface area contributed by atoms with Crippen LogP contribution in [-0.4, -0.2) is 0 Å². The fourth-order valence-corrected chi connectivity index (χ4v) is 8.54. The number of hydrogen-bond donors (Lipinski definition) is 2. The van der Waals surface area contributed by atoms with Crippen molar-refractivity contribution in [1.29, 1.82) is 0 Å². The summed E-state index contributed by atoms with van der Waals surface area (Å²) < 4.78 is 0. The number of thiol groups is 2. The Kier molecular flexibility index (Phi) is 11.2. The topological polar surface area (TPSA) is 0 Å². The molecule has 0 bridgehead atoms. The quantitative estimate of drug-likeness (QED) is 0.0819. The van der Waals surface area contributed by atoms with Gasteiger partial charge < -0.3 is 0 Å². The van der Waals surface area contributed by atoms with Gasteiger partial charge in [0.15, 0.2) is 0 Å². The second kappa shape index (κ2) is 16.1. The van der Waals surface area contributed by atoms with E-state index in [0.29, 0.717) is 0 Å². The molecule has 0 atom stereocenters. The highest BCUT2D eigenvalue weighted by Gasteiger charge is 2.42. The lowest BCUT2D eigenvalue weighted by atomic mass is 9.70. The number of rotatable bonds is 14. The number of unbranched alkanes of at least 4 members (excludes halogenated alkanes) is 6. The van der Waals surface area contributed by atoms with Crippen molar-refractivity contribution in [2.75, 3.05) is 0 Å². The van der Waals surface area contributed by atoms with Crippen LogP contribution in [0.5, 0.6) is 0 Å². The van der Waals surface area contributed by atoms with Crippen molar-refractivity contribution in [2.45, 2.75) is 93.3 Å². The first-order chi connectivity index (χ1) is 25.0. The van der Waals surface area contributed by atoms with Crippen LogP contribution in [0.2, 0.25) is 0 Å². The Balaban J connectivity index is 1.28. The average molecular weight is 703 g/mol. The summed E-state index contributed by atoms with van der Waals surface area (Å²) in [5.41, 5.74) is 16.0. The Morgan fingerprint density at radius 2 is 0.647 bits per heavy atom. The minimum atomic E-state index is 0.0151. The van der Waals surface area contributed by atoms with Crippen molar-refractivity contribution in [3.8, 4) is 55.6 Å². The van der Waals surface area contributed by atoms with E-state index in [0.717, 1.165) is 9.79 Å². The predicted molar refractivity (Wildman–Crippen MR) is 226 cm³/mol. The van der Waals surface area contributed by atoms with Crippen molar-refractivity contribution in [3.63, 3.8) is 0 Å². The van der Waals surface area contributed by atoms with Crippen LogP contribution in [0.1, 0.15) is 89.2 Å². The van der Waals surface area contributed by atoms with Crippen molar-refractivity contribution in [2.24, 2.45) is 0 Å². The first-order valence-electron chi connectivity index (χ1n) is 19.1. The van der Waals surface area contributed by atoms with Crippen molar-refractivity contribution in [3.05, 3.63) is 145 Å². The molecule has 0 aromatic heterocycles. The summed E-state index contributed by atoms with van der Waals surface area (Å²) in [5, 5.41) is 0. The Morgan fingerprint density at radius 3 is 0.980 bits per heavy atom. The van der Waals surface area contributed by atoms with E-state index in [9.17, 15) is 0 Å². The standard InChI is InChI=1S/C49H50S2/c1-3-5-7-9-31-49(32-10-8-6-4-2)47-33-41(39-15-11-35(12-16-39)37-19-25-43(50)26-20-37)23-29-45(47)46-30-24-42(34-48(46)49)40-17-13-36(14-18-40)38-21-27-44(51)28-22-38/h11-30,33-34,50-51H,3-10,31-32H2,1-2H3. The third-order valence-corrected chi connectivity index (χ3v) is 11.7. The van der Waals surface area contributed by atoms with Gasteiger partial charge in [-0.1, -0.05) is 162 Å². The third kappa shape index (κ3) is 7.64. The van der Waals surface area contributed by atoms with Gasteiger partial charge in [-0.05, 0) is 116 Å². The van der Waals surface area contributed by atoms with E-state index in [1.165, 1.54) is 131 Å². The van der Waals surface area contributed by atoms with Crippen LogP contribution in [0.15, 0.2) is 143 Å². The summed E-state index contributed by atoms with van der Waals surface area (Å²) in [6.07, 6.45) is 12.6. The molecular formula is C49H50S2. The van der Waals surface area contributed by atoms with Crippen LogP contribution < -0.4 is 0 Å². The van der Waals surface area contributed by atoms with Gasteiger partial charge in [-0.3, -0.25) is 0 Å². The van der Waals surface area contributed by atoms with E-state index in [-0.39, 0.29) is 5.41 Å². The third-order valence-electron chi connectivity index (χ3n) is 11.1. The van der Waals surface area contributed by atoms with Gasteiger partial charge in [0.2, 0.25) is 0 Å². The van der Waals surface area contributed by atoms with Crippen molar-refractivity contribution in [1.82, 2.24) is 0 Å². The molecule has 0 unspecified atom stereocenters. The fourth-order valence-electron chi connectivity index (χ4n) is 8.24. The molecule has 0 saturated heterocycles. The first kappa shape index (κ1) is 35.4. The van der Waals surface area contributed by atoms with Gasteiger partial charge in [-0.2, -0.15) is 0 Å². The van der Waals surface area contributed by atoms with Gasteiger partial charge >= 0.3 is 0 Å². The smallest absolute Gasteiger partial charge is 0.0215 e. The van der Waals surface area contributed by atoms with Gasteiger partial charge in [-0.15, -0.1) is 25.3 Å². The lowest BCUT2D eigenvalue weighted by Gasteiger charge is -2.33. The minimum Gasteiger partial charge on any atom is -0.143 e. The first-order valence-corrected chi connectivity index (χ1v) is 20.0. The zero-order valence-corrected chi connectivity index (χ0v) is 32.0. The number of fused-ring (bicyclic) bond motifs is 3. The summed E-state index contributed by atoms with van der Waals surface area (Å²) in [6.45, 7) is 4.64. The molecule has 7 rings (SSSR count). The fraction of sp³-hybridized carbons (Fsp3) is 0.265. The largest absolute Gasteiger partial charge is 0.143 e. The molecule has 51 heavy (non-hydrogen) atoms. The maximum absolute atomic E-state index is 4.48. The lowest BCUT2D eigenvalue weighted by Crippen LogP contribution is -2.25. The summed E-state index contributed by atoms with van der Waals surface area (Å²) in [6, 6.07) is 49.8. The molecule has 0 heterocycles. The molecule has 6 aromatic carbocycles. The molecule has 0 saturated carbocycles. The SMILES string of the molecule is CCCCCCC1(CCCCCC)c2cc(-c3ccc(-c4ccc(S)cc4)cc3)ccc2-c2ccc(-c3ccc(-c4ccc(S)cc4)cc3)cc21. The van der Waals surface area contributed by atoms with Crippen LogP contribution in [0, 0.1) is 0 Å². The Hall–Kier alpha value is -3.98. The average Bonchev–Trinajstić information content (AvgIpc) is 3.44. The molecule has 0 amide bonds. The molecule has 6 aromatic rings.